The van der Waals surface area contributed by atoms with Crippen molar-refractivity contribution in [3.8, 4) is 5.75 Å². The van der Waals surface area contributed by atoms with Gasteiger partial charge >= 0.3 is 0 Å². The van der Waals surface area contributed by atoms with Gasteiger partial charge in [-0.2, -0.15) is 4.31 Å². The number of hydrogen-bond acceptors (Lipinski definition) is 4. The van der Waals surface area contributed by atoms with Gasteiger partial charge in [0.05, 0.1) is 13.0 Å². The molecule has 29 heavy (non-hydrogen) atoms. The Balaban J connectivity index is 1.80. The van der Waals surface area contributed by atoms with Crippen molar-refractivity contribution in [2.75, 3.05) is 25.5 Å². The molecule has 2 aromatic rings. The molecule has 3 rings (SSSR count). The van der Waals surface area contributed by atoms with E-state index in [2.05, 4.69) is 5.32 Å². The Labute approximate surface area is 170 Å². The van der Waals surface area contributed by atoms with Crippen LogP contribution in [0.3, 0.4) is 0 Å². The molecule has 2 aromatic carbocycles. The fraction of sp³-hybridized carbons (Fsp3) is 0.381. The van der Waals surface area contributed by atoms with Crippen molar-refractivity contribution in [1.29, 1.82) is 0 Å². The minimum atomic E-state index is -3.99. The van der Waals surface area contributed by atoms with E-state index in [-0.39, 0.29) is 29.6 Å². The van der Waals surface area contributed by atoms with E-state index in [1.807, 2.05) is 32.0 Å². The molecule has 1 N–H and O–H groups in total. The number of anilines is 1. The molecule has 1 atom stereocenters. The number of nitrogens with zero attached hydrogens (tertiary/aromatic N) is 1. The Bertz CT molecular complexity index is 1020. The summed E-state index contributed by atoms with van der Waals surface area (Å²) in [6.45, 7) is 4.16. The Morgan fingerprint density at radius 1 is 1.21 bits per heavy atom. The number of sulfonamides is 1. The summed E-state index contributed by atoms with van der Waals surface area (Å²) in [6, 6.07) is 9.17. The van der Waals surface area contributed by atoms with Crippen molar-refractivity contribution >= 4 is 21.6 Å². The van der Waals surface area contributed by atoms with Gasteiger partial charge in [0.15, 0.2) is 0 Å². The molecule has 1 heterocycles. The molecule has 6 nitrogen and oxygen atoms in total. The van der Waals surface area contributed by atoms with Gasteiger partial charge in [-0.3, -0.25) is 4.79 Å². The number of ether oxygens (including phenoxy) is 1. The number of benzene rings is 2. The number of amides is 1. The van der Waals surface area contributed by atoms with Crippen LogP contribution >= 0.6 is 0 Å². The largest absolute Gasteiger partial charge is 0.495 e. The molecule has 0 radical (unpaired) electrons. The summed E-state index contributed by atoms with van der Waals surface area (Å²) in [6.07, 6.45) is 1.13. The SMILES string of the molecule is COc1ccc(F)cc1S(=O)(=O)N1CCCC(C(=O)Nc2cc(C)ccc2C)C1. The quantitative estimate of drug-likeness (QED) is 0.803. The van der Waals surface area contributed by atoms with Gasteiger partial charge in [-0.1, -0.05) is 12.1 Å². The molecule has 0 aliphatic carbocycles. The van der Waals surface area contributed by atoms with Crippen LogP contribution in [-0.4, -0.2) is 38.8 Å². The highest BCUT2D eigenvalue weighted by atomic mass is 32.2. The average Bonchev–Trinajstić information content (AvgIpc) is 2.70. The van der Waals surface area contributed by atoms with Crippen molar-refractivity contribution in [3.05, 3.63) is 53.3 Å². The van der Waals surface area contributed by atoms with Crippen LogP contribution in [0.2, 0.25) is 0 Å². The second kappa shape index (κ2) is 8.51. The van der Waals surface area contributed by atoms with Crippen LogP contribution in [0.1, 0.15) is 24.0 Å². The van der Waals surface area contributed by atoms with Crippen molar-refractivity contribution in [3.63, 3.8) is 0 Å². The number of rotatable bonds is 5. The van der Waals surface area contributed by atoms with Crippen LogP contribution in [0.15, 0.2) is 41.3 Å². The highest BCUT2D eigenvalue weighted by Crippen LogP contribution is 2.31. The van der Waals surface area contributed by atoms with Crippen LogP contribution in [-0.2, 0) is 14.8 Å². The van der Waals surface area contributed by atoms with Gasteiger partial charge in [0, 0.05) is 18.8 Å². The zero-order valence-electron chi connectivity index (χ0n) is 16.7. The molecule has 1 unspecified atom stereocenters. The van der Waals surface area contributed by atoms with Crippen LogP contribution in [0.4, 0.5) is 10.1 Å². The number of halogens is 1. The summed E-state index contributed by atoms with van der Waals surface area (Å²) in [5.41, 5.74) is 2.69. The van der Waals surface area contributed by atoms with Gasteiger partial charge < -0.3 is 10.1 Å². The van der Waals surface area contributed by atoms with Crippen molar-refractivity contribution in [2.45, 2.75) is 31.6 Å². The lowest BCUT2D eigenvalue weighted by Crippen LogP contribution is -2.43. The van der Waals surface area contributed by atoms with E-state index in [0.717, 1.165) is 28.9 Å². The summed E-state index contributed by atoms with van der Waals surface area (Å²) >= 11 is 0. The molecule has 8 heteroatoms. The highest BCUT2D eigenvalue weighted by Gasteiger charge is 2.35. The lowest BCUT2D eigenvalue weighted by molar-refractivity contribution is -0.120. The summed E-state index contributed by atoms with van der Waals surface area (Å²) in [5.74, 6) is -1.29. The number of carbonyl (C=O) groups excluding carboxylic acids is 1. The molecule has 1 aliphatic rings. The fourth-order valence-corrected chi connectivity index (χ4v) is 5.16. The summed E-state index contributed by atoms with van der Waals surface area (Å²) < 4.78 is 46.2. The molecule has 1 fully saturated rings. The minimum absolute atomic E-state index is 0.0404. The van der Waals surface area contributed by atoms with Crippen molar-refractivity contribution < 1.29 is 22.3 Å². The van der Waals surface area contributed by atoms with E-state index in [4.69, 9.17) is 4.74 Å². The molecule has 0 aromatic heterocycles. The summed E-state index contributed by atoms with van der Waals surface area (Å²) in [7, 11) is -2.66. The van der Waals surface area contributed by atoms with Crippen LogP contribution in [0.5, 0.6) is 5.75 Å². The maximum atomic E-state index is 13.7. The Morgan fingerprint density at radius 2 is 1.97 bits per heavy atom. The number of nitrogens with one attached hydrogen (secondary N) is 1. The average molecular weight is 421 g/mol. The Morgan fingerprint density at radius 3 is 2.69 bits per heavy atom. The number of aryl methyl sites for hydroxylation is 2. The van der Waals surface area contributed by atoms with E-state index in [1.165, 1.54) is 17.5 Å². The van der Waals surface area contributed by atoms with Gasteiger partial charge in [0.1, 0.15) is 16.5 Å². The van der Waals surface area contributed by atoms with Crippen LogP contribution in [0.25, 0.3) is 0 Å². The second-order valence-corrected chi connectivity index (χ2v) is 9.21. The van der Waals surface area contributed by atoms with E-state index >= 15 is 0 Å². The van der Waals surface area contributed by atoms with Gasteiger partial charge in [-0.25, -0.2) is 12.8 Å². The Hall–Kier alpha value is -2.45. The first-order chi connectivity index (χ1) is 13.7. The standard InChI is InChI=1S/C21H25FN2O4S/c1-14-6-7-15(2)18(11-14)23-21(25)16-5-4-10-24(13-16)29(26,27)20-12-17(22)8-9-19(20)28-3/h6-9,11-12,16H,4-5,10,13H2,1-3H3,(H,23,25). The molecule has 0 saturated carbocycles. The first-order valence-corrected chi connectivity index (χ1v) is 10.9. The zero-order valence-corrected chi connectivity index (χ0v) is 17.6. The number of piperidine rings is 1. The molecule has 0 bridgehead atoms. The molecule has 0 spiro atoms. The molecule has 1 aliphatic heterocycles. The van der Waals surface area contributed by atoms with Gasteiger partial charge in [-0.15, -0.1) is 0 Å². The summed E-state index contributed by atoms with van der Waals surface area (Å²) in [5, 5.41) is 2.92. The van der Waals surface area contributed by atoms with E-state index < -0.39 is 21.8 Å². The van der Waals surface area contributed by atoms with E-state index in [1.54, 1.807) is 0 Å². The topological polar surface area (TPSA) is 75.7 Å². The Kier molecular flexibility index (Phi) is 6.24. The number of hydrogen-bond donors (Lipinski definition) is 1. The smallest absolute Gasteiger partial charge is 0.246 e. The highest BCUT2D eigenvalue weighted by molar-refractivity contribution is 7.89. The summed E-state index contributed by atoms with van der Waals surface area (Å²) in [4.78, 5) is 12.6. The fourth-order valence-electron chi connectivity index (χ4n) is 3.47. The van der Waals surface area contributed by atoms with Gasteiger partial charge in [0.25, 0.3) is 0 Å². The van der Waals surface area contributed by atoms with E-state index in [9.17, 15) is 17.6 Å². The van der Waals surface area contributed by atoms with Crippen LogP contribution < -0.4 is 10.1 Å². The normalized spacial score (nSPS) is 17.7. The molecular weight excluding hydrogens is 395 g/mol. The number of methoxy groups -OCH3 is 1. The maximum absolute atomic E-state index is 13.7. The van der Waals surface area contributed by atoms with Crippen LogP contribution in [0, 0.1) is 25.6 Å². The predicted molar refractivity (Wildman–Crippen MR) is 109 cm³/mol. The lowest BCUT2D eigenvalue weighted by Gasteiger charge is -2.31. The van der Waals surface area contributed by atoms with E-state index in [0.29, 0.717) is 12.8 Å². The zero-order chi connectivity index (χ0) is 21.2. The molecular formula is C21H25FN2O4S. The van der Waals surface area contributed by atoms with Crippen molar-refractivity contribution in [1.82, 2.24) is 4.31 Å². The first kappa shape index (κ1) is 21.3. The maximum Gasteiger partial charge on any atom is 0.246 e. The predicted octanol–water partition coefficient (Wildman–Crippen LogP) is 3.49. The number of carbonyl (C=O) groups is 1. The lowest BCUT2D eigenvalue weighted by atomic mass is 9.98. The van der Waals surface area contributed by atoms with Crippen molar-refractivity contribution in [2.24, 2.45) is 5.92 Å². The van der Waals surface area contributed by atoms with Gasteiger partial charge in [0.2, 0.25) is 15.9 Å². The third-order valence-electron chi connectivity index (χ3n) is 5.15. The molecule has 156 valence electrons. The third kappa shape index (κ3) is 4.59. The minimum Gasteiger partial charge on any atom is -0.495 e. The molecule has 1 amide bonds. The second-order valence-electron chi connectivity index (χ2n) is 7.31. The van der Waals surface area contributed by atoms with Gasteiger partial charge in [-0.05, 0) is 62.1 Å². The third-order valence-corrected chi connectivity index (χ3v) is 7.04. The first-order valence-electron chi connectivity index (χ1n) is 9.44. The molecule has 1 saturated heterocycles. The monoisotopic (exact) mass is 420 g/mol.